The van der Waals surface area contributed by atoms with Crippen molar-refractivity contribution in [3.63, 3.8) is 0 Å². The standard InChI is InChI=1S/C18H21N5O/c1-12-21-10-14-3-6-18(16(14)22-12)5-2-8-23(11-18)15-9-13(17(19)24)4-7-20-15/h4,7,9-10H,2-3,5-6,8,11H2,1H3,(H2,19,24). The van der Waals surface area contributed by atoms with Crippen molar-refractivity contribution in [3.05, 3.63) is 47.2 Å². The van der Waals surface area contributed by atoms with Gasteiger partial charge in [-0.3, -0.25) is 4.79 Å². The first-order valence-electron chi connectivity index (χ1n) is 8.41. The predicted molar refractivity (Wildman–Crippen MR) is 91.0 cm³/mol. The molecular weight excluding hydrogens is 302 g/mol. The van der Waals surface area contributed by atoms with Crippen molar-refractivity contribution in [2.45, 2.75) is 38.0 Å². The van der Waals surface area contributed by atoms with Crippen LogP contribution in [0.15, 0.2) is 24.5 Å². The number of aromatic nitrogens is 3. The number of primary amides is 1. The Morgan fingerprint density at radius 2 is 2.21 bits per heavy atom. The lowest BCUT2D eigenvalue weighted by Crippen LogP contribution is -2.46. The smallest absolute Gasteiger partial charge is 0.248 e. The number of piperidine rings is 1. The molecule has 2 N–H and O–H groups in total. The Bertz CT molecular complexity index is 802. The number of nitrogens with zero attached hydrogens (tertiary/aromatic N) is 4. The average molecular weight is 323 g/mol. The van der Waals surface area contributed by atoms with Crippen LogP contribution in [0.4, 0.5) is 5.82 Å². The van der Waals surface area contributed by atoms with Crippen molar-refractivity contribution < 1.29 is 4.79 Å². The highest BCUT2D eigenvalue weighted by Gasteiger charge is 2.43. The zero-order chi connectivity index (χ0) is 16.7. The highest BCUT2D eigenvalue weighted by atomic mass is 16.1. The summed E-state index contributed by atoms with van der Waals surface area (Å²) < 4.78 is 0. The molecule has 1 fully saturated rings. The van der Waals surface area contributed by atoms with E-state index >= 15 is 0 Å². The maximum atomic E-state index is 11.4. The first kappa shape index (κ1) is 15.1. The maximum absolute atomic E-state index is 11.4. The van der Waals surface area contributed by atoms with Gasteiger partial charge in [-0.25, -0.2) is 15.0 Å². The molecule has 4 rings (SSSR count). The fraction of sp³-hybridized carbons (Fsp3) is 0.444. The van der Waals surface area contributed by atoms with Crippen LogP contribution in [0.5, 0.6) is 0 Å². The number of anilines is 1. The van der Waals surface area contributed by atoms with Crippen LogP contribution >= 0.6 is 0 Å². The Hall–Kier alpha value is -2.50. The van der Waals surface area contributed by atoms with Gasteiger partial charge in [-0.2, -0.15) is 0 Å². The number of pyridine rings is 1. The molecule has 1 aliphatic heterocycles. The molecule has 1 spiro atoms. The van der Waals surface area contributed by atoms with Gasteiger partial charge in [0.25, 0.3) is 0 Å². The van der Waals surface area contributed by atoms with Crippen molar-refractivity contribution >= 4 is 11.7 Å². The van der Waals surface area contributed by atoms with Gasteiger partial charge in [-0.1, -0.05) is 0 Å². The zero-order valence-corrected chi connectivity index (χ0v) is 13.8. The Balaban J connectivity index is 1.67. The van der Waals surface area contributed by atoms with E-state index in [-0.39, 0.29) is 5.41 Å². The molecule has 0 saturated carbocycles. The highest BCUT2D eigenvalue weighted by Crippen LogP contribution is 2.44. The number of rotatable bonds is 2. The molecule has 0 aromatic carbocycles. The fourth-order valence-electron chi connectivity index (χ4n) is 4.10. The number of amides is 1. The molecule has 1 atom stereocenters. The normalized spacial score (nSPS) is 22.6. The first-order chi connectivity index (χ1) is 11.6. The number of carbonyl (C=O) groups excluding carboxylic acids is 1. The van der Waals surface area contributed by atoms with Gasteiger partial charge < -0.3 is 10.6 Å². The topological polar surface area (TPSA) is 85.0 Å². The lowest BCUT2D eigenvalue weighted by atomic mass is 9.77. The molecule has 2 aromatic heterocycles. The van der Waals surface area contributed by atoms with Crippen LogP contribution in [0.3, 0.4) is 0 Å². The summed E-state index contributed by atoms with van der Waals surface area (Å²) in [5.41, 5.74) is 8.48. The van der Waals surface area contributed by atoms with Crippen LogP contribution < -0.4 is 10.6 Å². The van der Waals surface area contributed by atoms with Crippen molar-refractivity contribution in [2.75, 3.05) is 18.0 Å². The quantitative estimate of drug-likeness (QED) is 0.910. The summed E-state index contributed by atoms with van der Waals surface area (Å²) in [6.07, 6.45) is 8.01. The molecule has 0 bridgehead atoms. The average Bonchev–Trinajstić information content (AvgIpc) is 2.93. The number of nitrogens with two attached hydrogens (primary N) is 1. The largest absolute Gasteiger partial charge is 0.366 e. The number of fused-ring (bicyclic) bond motifs is 2. The summed E-state index contributed by atoms with van der Waals surface area (Å²) in [5, 5.41) is 0. The van der Waals surface area contributed by atoms with E-state index in [4.69, 9.17) is 10.7 Å². The third-order valence-corrected chi connectivity index (χ3v) is 5.29. The first-order valence-corrected chi connectivity index (χ1v) is 8.41. The Kier molecular flexibility index (Phi) is 3.48. The van der Waals surface area contributed by atoms with Crippen LogP contribution in [0, 0.1) is 6.92 Å². The van der Waals surface area contributed by atoms with Gasteiger partial charge in [-0.05, 0) is 50.3 Å². The molecule has 2 aliphatic rings. The number of carbonyl (C=O) groups is 1. The highest BCUT2D eigenvalue weighted by molar-refractivity contribution is 5.93. The van der Waals surface area contributed by atoms with Gasteiger partial charge in [0.15, 0.2) is 0 Å². The molecule has 24 heavy (non-hydrogen) atoms. The second kappa shape index (κ2) is 5.54. The van der Waals surface area contributed by atoms with Crippen LogP contribution in [0.25, 0.3) is 0 Å². The second-order valence-electron chi connectivity index (χ2n) is 6.86. The van der Waals surface area contributed by atoms with E-state index in [1.807, 2.05) is 13.1 Å². The van der Waals surface area contributed by atoms with Crippen molar-refractivity contribution in [2.24, 2.45) is 5.73 Å². The Labute approximate surface area is 141 Å². The molecule has 1 amide bonds. The SMILES string of the molecule is Cc1ncc2c(n1)C1(CCCN(c3cc(C(N)=O)ccn3)C1)CC2. The minimum atomic E-state index is -0.417. The maximum Gasteiger partial charge on any atom is 0.248 e. The molecule has 1 aliphatic carbocycles. The van der Waals surface area contributed by atoms with Crippen LogP contribution in [-0.2, 0) is 11.8 Å². The van der Waals surface area contributed by atoms with Crippen molar-refractivity contribution in [3.8, 4) is 0 Å². The Morgan fingerprint density at radius 3 is 3.04 bits per heavy atom. The van der Waals surface area contributed by atoms with E-state index in [1.165, 1.54) is 11.3 Å². The molecule has 124 valence electrons. The summed E-state index contributed by atoms with van der Waals surface area (Å²) in [4.78, 5) is 27.3. The lowest BCUT2D eigenvalue weighted by Gasteiger charge is -2.41. The molecule has 1 unspecified atom stereocenters. The number of hydrogen-bond acceptors (Lipinski definition) is 5. The van der Waals surface area contributed by atoms with Crippen LogP contribution in [0.1, 0.15) is 46.7 Å². The molecule has 0 radical (unpaired) electrons. The molecule has 6 nitrogen and oxygen atoms in total. The summed E-state index contributed by atoms with van der Waals surface area (Å²) in [5.74, 6) is 1.24. The van der Waals surface area contributed by atoms with Crippen LogP contribution in [-0.4, -0.2) is 33.9 Å². The van der Waals surface area contributed by atoms with E-state index in [2.05, 4.69) is 14.9 Å². The van der Waals surface area contributed by atoms with Crippen molar-refractivity contribution in [1.29, 1.82) is 0 Å². The van der Waals surface area contributed by atoms with E-state index in [0.29, 0.717) is 5.56 Å². The van der Waals surface area contributed by atoms with Gasteiger partial charge in [0.1, 0.15) is 11.6 Å². The summed E-state index contributed by atoms with van der Waals surface area (Å²) in [7, 11) is 0. The minimum Gasteiger partial charge on any atom is -0.366 e. The van der Waals surface area contributed by atoms with E-state index in [0.717, 1.165) is 50.4 Å². The molecule has 6 heteroatoms. The van der Waals surface area contributed by atoms with E-state index < -0.39 is 5.91 Å². The summed E-state index contributed by atoms with van der Waals surface area (Å²) >= 11 is 0. The van der Waals surface area contributed by atoms with Gasteiger partial charge >= 0.3 is 0 Å². The third kappa shape index (κ3) is 2.42. The van der Waals surface area contributed by atoms with Crippen molar-refractivity contribution in [1.82, 2.24) is 15.0 Å². The molecule has 3 heterocycles. The van der Waals surface area contributed by atoms with Gasteiger partial charge in [0.2, 0.25) is 5.91 Å². The van der Waals surface area contributed by atoms with E-state index in [1.54, 1.807) is 18.3 Å². The molecular formula is C18H21N5O. The third-order valence-electron chi connectivity index (χ3n) is 5.29. The van der Waals surface area contributed by atoms with Gasteiger partial charge in [0.05, 0.1) is 5.69 Å². The Morgan fingerprint density at radius 1 is 1.33 bits per heavy atom. The lowest BCUT2D eigenvalue weighted by molar-refractivity contribution is 0.1000. The second-order valence-corrected chi connectivity index (χ2v) is 6.86. The zero-order valence-electron chi connectivity index (χ0n) is 13.8. The predicted octanol–water partition coefficient (Wildman–Crippen LogP) is 1.76. The van der Waals surface area contributed by atoms with Gasteiger partial charge in [0, 0.05) is 36.5 Å². The summed E-state index contributed by atoms with van der Waals surface area (Å²) in [6, 6.07) is 3.45. The summed E-state index contributed by atoms with van der Waals surface area (Å²) in [6.45, 7) is 3.77. The fourth-order valence-corrected chi connectivity index (χ4v) is 4.10. The van der Waals surface area contributed by atoms with E-state index in [9.17, 15) is 4.79 Å². The number of hydrogen-bond donors (Lipinski definition) is 1. The number of aryl methyl sites for hydroxylation is 2. The van der Waals surface area contributed by atoms with Crippen LogP contribution in [0.2, 0.25) is 0 Å². The monoisotopic (exact) mass is 323 g/mol. The molecule has 1 saturated heterocycles. The van der Waals surface area contributed by atoms with Gasteiger partial charge in [-0.15, -0.1) is 0 Å². The molecule has 2 aromatic rings. The minimum absolute atomic E-state index is 0.0751.